The Morgan fingerprint density at radius 2 is 2.04 bits per heavy atom. The number of aromatic nitrogens is 2. The predicted octanol–water partition coefficient (Wildman–Crippen LogP) is 3.25. The lowest BCUT2D eigenvalue weighted by Crippen LogP contribution is -2.47. The average molecular weight is 335 g/mol. The van der Waals surface area contributed by atoms with Gasteiger partial charge >= 0.3 is 6.03 Å². The minimum atomic E-state index is -0.148. The number of nitrogens with one attached hydrogen (secondary N) is 2. The number of hydrogen-bond donors (Lipinski definition) is 2. The van der Waals surface area contributed by atoms with Crippen LogP contribution in [0.25, 0.3) is 0 Å². The van der Waals surface area contributed by atoms with Crippen LogP contribution in [0.3, 0.4) is 0 Å². The number of rotatable bonds is 7. The van der Waals surface area contributed by atoms with E-state index in [-0.39, 0.29) is 18.1 Å². The molecule has 0 aliphatic carbocycles. The Morgan fingerprint density at radius 3 is 2.65 bits per heavy atom. The first-order valence-electron chi connectivity index (χ1n) is 7.85. The van der Waals surface area contributed by atoms with Crippen LogP contribution in [-0.4, -0.2) is 27.9 Å². The monoisotopic (exact) mass is 334 g/mol. The lowest BCUT2D eigenvalue weighted by molar-refractivity contribution is 0.231. The summed E-state index contributed by atoms with van der Waals surface area (Å²) in [5, 5.41) is 10.8. The maximum Gasteiger partial charge on any atom is 0.315 e. The van der Waals surface area contributed by atoms with Crippen LogP contribution in [0, 0.1) is 0 Å². The van der Waals surface area contributed by atoms with Crippen molar-refractivity contribution in [2.24, 2.45) is 0 Å². The molecule has 1 aromatic carbocycles. The molecule has 2 atom stereocenters. The van der Waals surface area contributed by atoms with Gasteiger partial charge in [-0.3, -0.25) is 4.68 Å². The highest BCUT2D eigenvalue weighted by Gasteiger charge is 2.13. The van der Waals surface area contributed by atoms with Crippen molar-refractivity contribution < 1.29 is 4.79 Å². The van der Waals surface area contributed by atoms with Crippen LogP contribution >= 0.6 is 11.6 Å². The largest absolute Gasteiger partial charge is 0.335 e. The predicted molar refractivity (Wildman–Crippen MR) is 92.6 cm³/mol. The van der Waals surface area contributed by atoms with Crippen LogP contribution < -0.4 is 10.6 Å². The molecule has 6 heteroatoms. The Bertz CT molecular complexity index is 598. The second-order valence-electron chi connectivity index (χ2n) is 5.68. The van der Waals surface area contributed by atoms with Crippen molar-refractivity contribution in [3.63, 3.8) is 0 Å². The first kappa shape index (κ1) is 17.3. The highest BCUT2D eigenvalue weighted by Crippen LogP contribution is 2.12. The fraction of sp³-hybridized carbons (Fsp3) is 0.412. The summed E-state index contributed by atoms with van der Waals surface area (Å²) in [4.78, 5) is 12.1. The van der Waals surface area contributed by atoms with Crippen LogP contribution in [-0.2, 0) is 13.0 Å². The fourth-order valence-electron chi connectivity index (χ4n) is 2.39. The second-order valence-corrected chi connectivity index (χ2v) is 6.12. The maximum atomic E-state index is 12.1. The van der Waals surface area contributed by atoms with Crippen molar-refractivity contribution >= 4 is 17.6 Å². The molecule has 0 aliphatic heterocycles. The number of carbonyl (C=O) groups excluding carboxylic acids is 1. The van der Waals surface area contributed by atoms with Crippen LogP contribution in [0.5, 0.6) is 0 Å². The number of carbonyl (C=O) groups is 1. The summed E-state index contributed by atoms with van der Waals surface area (Å²) in [5.41, 5.74) is 1.16. The van der Waals surface area contributed by atoms with Crippen molar-refractivity contribution in [2.45, 2.75) is 45.3 Å². The molecular weight excluding hydrogens is 312 g/mol. The molecule has 2 unspecified atom stereocenters. The van der Waals surface area contributed by atoms with E-state index in [1.807, 2.05) is 43.5 Å². The summed E-state index contributed by atoms with van der Waals surface area (Å²) in [6.07, 6.45) is 5.26. The van der Waals surface area contributed by atoms with Gasteiger partial charge in [0.2, 0.25) is 0 Å². The molecule has 2 N–H and O–H groups in total. The molecule has 1 aromatic heterocycles. The van der Waals surface area contributed by atoms with E-state index in [0.717, 1.165) is 23.4 Å². The molecule has 2 amide bonds. The zero-order valence-electron chi connectivity index (χ0n) is 13.5. The third kappa shape index (κ3) is 5.94. The van der Waals surface area contributed by atoms with Crippen molar-refractivity contribution in [1.82, 2.24) is 20.4 Å². The highest BCUT2D eigenvalue weighted by atomic mass is 35.5. The molecule has 0 spiro atoms. The first-order valence-corrected chi connectivity index (χ1v) is 8.23. The third-order valence-corrected chi connectivity index (χ3v) is 3.87. The molecule has 0 aliphatic rings. The first-order chi connectivity index (χ1) is 11.1. The van der Waals surface area contributed by atoms with E-state index in [1.54, 1.807) is 10.9 Å². The van der Waals surface area contributed by atoms with Gasteiger partial charge in [-0.2, -0.15) is 5.10 Å². The molecule has 0 saturated carbocycles. The van der Waals surface area contributed by atoms with Gasteiger partial charge in [0, 0.05) is 29.5 Å². The van der Waals surface area contributed by atoms with E-state index in [2.05, 4.69) is 22.7 Å². The van der Waals surface area contributed by atoms with E-state index < -0.39 is 0 Å². The van der Waals surface area contributed by atoms with E-state index in [1.165, 1.54) is 0 Å². The summed E-state index contributed by atoms with van der Waals surface area (Å²) < 4.78 is 1.80. The van der Waals surface area contributed by atoms with Crippen molar-refractivity contribution in [3.05, 3.63) is 53.3 Å². The normalized spacial score (nSPS) is 13.3. The lowest BCUT2D eigenvalue weighted by Gasteiger charge is -2.20. The number of hydrogen-bond acceptors (Lipinski definition) is 2. The van der Waals surface area contributed by atoms with Crippen LogP contribution in [0.15, 0.2) is 42.7 Å². The summed E-state index contributed by atoms with van der Waals surface area (Å²) in [5.74, 6) is 0. The molecule has 5 nitrogen and oxygen atoms in total. The Labute approximate surface area is 142 Å². The number of urea groups is 1. The van der Waals surface area contributed by atoms with Gasteiger partial charge in [-0.25, -0.2) is 4.79 Å². The summed E-state index contributed by atoms with van der Waals surface area (Å²) >= 11 is 5.90. The Hall–Kier alpha value is -2.01. The van der Waals surface area contributed by atoms with E-state index >= 15 is 0 Å². The molecule has 124 valence electrons. The van der Waals surface area contributed by atoms with Gasteiger partial charge < -0.3 is 10.6 Å². The van der Waals surface area contributed by atoms with Gasteiger partial charge in [0.1, 0.15) is 0 Å². The smallest absolute Gasteiger partial charge is 0.315 e. The number of amides is 2. The molecule has 0 saturated heterocycles. The Kier molecular flexibility index (Phi) is 6.47. The Balaban J connectivity index is 1.80. The number of halogens is 1. The molecule has 0 fully saturated rings. The molecule has 2 rings (SSSR count). The quantitative estimate of drug-likeness (QED) is 0.816. The van der Waals surface area contributed by atoms with Gasteiger partial charge in [0.15, 0.2) is 0 Å². The highest BCUT2D eigenvalue weighted by molar-refractivity contribution is 6.30. The van der Waals surface area contributed by atoms with E-state index in [0.29, 0.717) is 6.54 Å². The average Bonchev–Trinajstić information content (AvgIpc) is 3.01. The SMILES string of the molecule is CCC(Cc1ccc(Cl)cc1)NC(=O)NC(C)Cn1cccn1. The molecule has 23 heavy (non-hydrogen) atoms. The topological polar surface area (TPSA) is 59.0 Å². The van der Waals surface area contributed by atoms with Crippen molar-refractivity contribution in [3.8, 4) is 0 Å². The van der Waals surface area contributed by atoms with Gasteiger partial charge in [-0.15, -0.1) is 0 Å². The summed E-state index contributed by atoms with van der Waals surface area (Å²) in [6.45, 7) is 4.67. The van der Waals surface area contributed by atoms with E-state index in [9.17, 15) is 4.79 Å². The fourth-order valence-corrected chi connectivity index (χ4v) is 2.51. The molecular formula is C17H23ClN4O. The molecule has 2 aromatic rings. The zero-order valence-corrected chi connectivity index (χ0v) is 14.3. The second kappa shape index (κ2) is 8.58. The lowest BCUT2D eigenvalue weighted by atomic mass is 10.0. The minimum absolute atomic E-state index is 0.00272. The van der Waals surface area contributed by atoms with Crippen LogP contribution in [0.1, 0.15) is 25.8 Å². The van der Waals surface area contributed by atoms with Gasteiger partial charge in [0.25, 0.3) is 0 Å². The Morgan fingerprint density at radius 1 is 1.30 bits per heavy atom. The number of benzene rings is 1. The van der Waals surface area contributed by atoms with Gasteiger partial charge in [0.05, 0.1) is 6.54 Å². The summed E-state index contributed by atoms with van der Waals surface area (Å²) in [6, 6.07) is 9.54. The van der Waals surface area contributed by atoms with Gasteiger partial charge in [-0.05, 0) is 43.5 Å². The standard InChI is InChI=1S/C17H23ClN4O/c1-3-16(11-14-5-7-15(18)8-6-14)21-17(23)20-13(2)12-22-10-4-9-19-22/h4-10,13,16H,3,11-12H2,1-2H3,(H2,20,21,23). The van der Waals surface area contributed by atoms with Crippen LogP contribution in [0.4, 0.5) is 4.79 Å². The van der Waals surface area contributed by atoms with Crippen molar-refractivity contribution in [1.29, 1.82) is 0 Å². The molecule has 0 radical (unpaired) electrons. The van der Waals surface area contributed by atoms with E-state index in [4.69, 9.17) is 11.6 Å². The molecule has 0 bridgehead atoms. The van der Waals surface area contributed by atoms with Crippen molar-refractivity contribution in [2.75, 3.05) is 0 Å². The minimum Gasteiger partial charge on any atom is -0.335 e. The zero-order chi connectivity index (χ0) is 16.7. The maximum absolute atomic E-state index is 12.1. The molecule has 1 heterocycles. The number of nitrogens with zero attached hydrogens (tertiary/aromatic N) is 2. The van der Waals surface area contributed by atoms with Crippen LogP contribution in [0.2, 0.25) is 5.02 Å². The summed E-state index contributed by atoms with van der Waals surface area (Å²) in [7, 11) is 0. The van der Waals surface area contributed by atoms with Gasteiger partial charge in [-0.1, -0.05) is 30.7 Å². The third-order valence-electron chi connectivity index (χ3n) is 3.62.